The maximum absolute atomic E-state index is 12.6. The molecule has 0 spiro atoms. The molecule has 0 aliphatic heterocycles. The molecule has 0 bridgehead atoms. The average Bonchev–Trinajstić information content (AvgIpc) is 2.97. The first-order valence-corrected chi connectivity index (χ1v) is 9.56. The van der Waals surface area contributed by atoms with E-state index in [9.17, 15) is 10.1 Å². The van der Waals surface area contributed by atoms with Crippen LogP contribution in [-0.2, 0) is 4.79 Å². The van der Waals surface area contributed by atoms with Crippen LogP contribution in [0.4, 0.5) is 5.69 Å². The van der Waals surface area contributed by atoms with Gasteiger partial charge in [0.2, 0.25) is 0 Å². The van der Waals surface area contributed by atoms with Gasteiger partial charge < -0.3 is 9.88 Å². The van der Waals surface area contributed by atoms with E-state index in [-0.39, 0.29) is 5.57 Å². The lowest BCUT2D eigenvalue weighted by molar-refractivity contribution is -0.112. The quantitative estimate of drug-likeness (QED) is 0.473. The summed E-state index contributed by atoms with van der Waals surface area (Å²) in [5.41, 5.74) is 8.29. The van der Waals surface area contributed by atoms with Gasteiger partial charge in [-0.05, 0) is 87.7 Å². The monoisotopic (exact) mass is 383 g/mol. The zero-order chi connectivity index (χ0) is 21.1. The fourth-order valence-corrected chi connectivity index (χ4v) is 3.34. The highest BCUT2D eigenvalue weighted by atomic mass is 16.1. The Hall–Kier alpha value is -3.58. The molecule has 0 saturated heterocycles. The van der Waals surface area contributed by atoms with E-state index in [0.717, 1.165) is 28.2 Å². The van der Waals surface area contributed by atoms with E-state index < -0.39 is 5.91 Å². The first kappa shape index (κ1) is 20.2. The van der Waals surface area contributed by atoms with Crippen LogP contribution in [-0.4, -0.2) is 10.5 Å². The third-order valence-electron chi connectivity index (χ3n) is 5.19. The largest absolute Gasteiger partial charge is 0.321 e. The van der Waals surface area contributed by atoms with Gasteiger partial charge in [0.25, 0.3) is 5.91 Å². The fraction of sp³-hybridized carbons (Fsp3) is 0.200. The smallest absolute Gasteiger partial charge is 0.266 e. The molecule has 146 valence electrons. The number of rotatable bonds is 4. The maximum atomic E-state index is 12.6. The Morgan fingerprint density at radius 3 is 2.28 bits per heavy atom. The molecule has 0 saturated carbocycles. The lowest BCUT2D eigenvalue weighted by Crippen LogP contribution is -2.13. The molecule has 4 nitrogen and oxygen atoms in total. The number of benzene rings is 2. The van der Waals surface area contributed by atoms with Gasteiger partial charge in [-0.25, -0.2) is 0 Å². The molecule has 0 unspecified atom stereocenters. The molecule has 1 amide bonds. The van der Waals surface area contributed by atoms with Crippen LogP contribution in [0.2, 0.25) is 0 Å². The molecule has 1 heterocycles. The molecule has 0 radical (unpaired) electrons. The minimum Gasteiger partial charge on any atom is -0.321 e. The fourth-order valence-electron chi connectivity index (χ4n) is 3.34. The summed E-state index contributed by atoms with van der Waals surface area (Å²) in [7, 11) is 0. The summed E-state index contributed by atoms with van der Waals surface area (Å²) in [5.74, 6) is -0.410. The van der Waals surface area contributed by atoms with Crippen molar-refractivity contribution in [1.29, 1.82) is 5.26 Å². The summed E-state index contributed by atoms with van der Waals surface area (Å²) in [6.07, 6.45) is 1.66. The molecule has 3 rings (SSSR count). The Balaban J connectivity index is 1.94. The highest BCUT2D eigenvalue weighted by Crippen LogP contribution is 2.24. The van der Waals surface area contributed by atoms with Crippen molar-refractivity contribution in [2.45, 2.75) is 34.6 Å². The molecule has 1 N–H and O–H groups in total. The number of anilines is 1. The topological polar surface area (TPSA) is 57.8 Å². The normalized spacial score (nSPS) is 11.2. The number of nitriles is 1. The predicted molar refractivity (Wildman–Crippen MR) is 118 cm³/mol. The molecule has 1 aromatic heterocycles. The summed E-state index contributed by atoms with van der Waals surface area (Å²) in [4.78, 5) is 12.6. The summed E-state index contributed by atoms with van der Waals surface area (Å²) in [6.45, 7) is 10.2. The third kappa shape index (κ3) is 4.30. The van der Waals surface area contributed by atoms with Gasteiger partial charge in [0.15, 0.2) is 0 Å². The summed E-state index contributed by atoms with van der Waals surface area (Å²) in [5, 5.41) is 12.3. The predicted octanol–water partition coefficient (Wildman–Crippen LogP) is 5.57. The second-order valence-corrected chi connectivity index (χ2v) is 7.42. The van der Waals surface area contributed by atoms with Crippen LogP contribution in [0, 0.1) is 45.9 Å². The standard InChI is InChI=1S/C25H25N3O/c1-16-6-9-23(10-7-16)27-25(29)22(15-26)14-21-13-19(4)28(20(21)5)24-11-8-17(2)18(3)12-24/h6-14H,1-5H3,(H,27,29)/b22-14-. The molecule has 2 aromatic carbocycles. The number of hydrogen-bond acceptors (Lipinski definition) is 2. The van der Waals surface area contributed by atoms with Gasteiger partial charge in [0, 0.05) is 22.8 Å². The van der Waals surface area contributed by atoms with Crippen molar-refractivity contribution < 1.29 is 4.79 Å². The lowest BCUT2D eigenvalue weighted by Gasteiger charge is -2.12. The number of aromatic nitrogens is 1. The van der Waals surface area contributed by atoms with Gasteiger partial charge in [-0.15, -0.1) is 0 Å². The van der Waals surface area contributed by atoms with E-state index in [2.05, 4.69) is 41.9 Å². The third-order valence-corrected chi connectivity index (χ3v) is 5.19. The zero-order valence-corrected chi connectivity index (χ0v) is 17.5. The Bertz CT molecular complexity index is 1140. The molecule has 0 aliphatic rings. The molecule has 3 aromatic rings. The van der Waals surface area contributed by atoms with E-state index >= 15 is 0 Å². The molecular weight excluding hydrogens is 358 g/mol. The number of hydrogen-bond donors (Lipinski definition) is 1. The summed E-state index contributed by atoms with van der Waals surface area (Å²) >= 11 is 0. The Morgan fingerprint density at radius 2 is 1.66 bits per heavy atom. The second-order valence-electron chi connectivity index (χ2n) is 7.42. The van der Waals surface area contributed by atoms with Gasteiger partial charge in [-0.1, -0.05) is 23.8 Å². The van der Waals surface area contributed by atoms with Crippen LogP contribution in [0.5, 0.6) is 0 Å². The van der Waals surface area contributed by atoms with Gasteiger partial charge in [-0.3, -0.25) is 4.79 Å². The van der Waals surface area contributed by atoms with Gasteiger partial charge in [-0.2, -0.15) is 5.26 Å². The van der Waals surface area contributed by atoms with Crippen molar-refractivity contribution in [2.24, 2.45) is 0 Å². The Kier molecular flexibility index (Phi) is 5.70. The van der Waals surface area contributed by atoms with E-state index in [4.69, 9.17) is 0 Å². The van der Waals surface area contributed by atoms with Gasteiger partial charge in [0.05, 0.1) is 0 Å². The molecule has 4 heteroatoms. The van der Waals surface area contributed by atoms with Crippen LogP contribution in [0.15, 0.2) is 54.1 Å². The first-order chi connectivity index (χ1) is 13.8. The number of nitrogens with zero attached hydrogens (tertiary/aromatic N) is 2. The van der Waals surface area contributed by atoms with Crippen molar-refractivity contribution in [3.8, 4) is 11.8 Å². The summed E-state index contributed by atoms with van der Waals surface area (Å²) < 4.78 is 2.14. The number of amides is 1. The van der Waals surface area contributed by atoms with Gasteiger partial charge in [0.1, 0.15) is 11.6 Å². The number of carbonyl (C=O) groups excluding carboxylic acids is 1. The van der Waals surface area contributed by atoms with Crippen molar-refractivity contribution in [2.75, 3.05) is 5.32 Å². The van der Waals surface area contributed by atoms with Crippen LogP contribution >= 0.6 is 0 Å². The molecule has 0 atom stereocenters. The molecular formula is C25H25N3O. The molecule has 0 fully saturated rings. The number of aryl methyl sites for hydroxylation is 4. The van der Waals surface area contributed by atoms with Crippen LogP contribution in [0.25, 0.3) is 11.8 Å². The van der Waals surface area contributed by atoms with Crippen LogP contribution in [0.3, 0.4) is 0 Å². The van der Waals surface area contributed by atoms with Crippen molar-refractivity contribution in [3.63, 3.8) is 0 Å². The van der Waals surface area contributed by atoms with Crippen LogP contribution < -0.4 is 5.32 Å². The van der Waals surface area contributed by atoms with Crippen LogP contribution in [0.1, 0.15) is 33.6 Å². The first-order valence-electron chi connectivity index (χ1n) is 9.56. The Labute approximate surface area is 172 Å². The lowest BCUT2D eigenvalue weighted by atomic mass is 10.1. The van der Waals surface area contributed by atoms with E-state index in [0.29, 0.717) is 5.69 Å². The minimum atomic E-state index is -0.410. The number of nitrogens with one attached hydrogen (secondary N) is 1. The van der Waals surface area contributed by atoms with Crippen molar-refractivity contribution in [3.05, 3.63) is 87.7 Å². The minimum absolute atomic E-state index is 0.0749. The summed E-state index contributed by atoms with van der Waals surface area (Å²) in [6, 6.07) is 17.9. The highest BCUT2D eigenvalue weighted by Gasteiger charge is 2.14. The SMILES string of the molecule is Cc1ccc(NC(=O)/C(C#N)=C\c2cc(C)n(-c3ccc(C)c(C)c3)c2C)cc1. The number of carbonyl (C=O) groups is 1. The average molecular weight is 383 g/mol. The Morgan fingerprint density at radius 1 is 0.966 bits per heavy atom. The van der Waals surface area contributed by atoms with E-state index in [1.807, 2.05) is 57.2 Å². The van der Waals surface area contributed by atoms with Gasteiger partial charge >= 0.3 is 0 Å². The van der Waals surface area contributed by atoms with Crippen molar-refractivity contribution >= 4 is 17.7 Å². The second kappa shape index (κ2) is 8.20. The highest BCUT2D eigenvalue weighted by molar-refractivity contribution is 6.09. The molecule has 29 heavy (non-hydrogen) atoms. The zero-order valence-electron chi connectivity index (χ0n) is 17.5. The van der Waals surface area contributed by atoms with Crippen molar-refractivity contribution in [1.82, 2.24) is 4.57 Å². The molecule has 0 aliphatic carbocycles. The van der Waals surface area contributed by atoms with E-state index in [1.54, 1.807) is 6.08 Å². The van der Waals surface area contributed by atoms with E-state index in [1.165, 1.54) is 11.1 Å². The maximum Gasteiger partial charge on any atom is 0.266 e.